The van der Waals surface area contributed by atoms with E-state index in [1.54, 1.807) is 0 Å². The molecule has 0 radical (unpaired) electrons. The van der Waals surface area contributed by atoms with Crippen molar-refractivity contribution < 1.29 is 4.79 Å². The van der Waals surface area contributed by atoms with Crippen molar-refractivity contribution in [1.82, 2.24) is 19.6 Å². The zero-order valence-corrected chi connectivity index (χ0v) is 14.2. The first-order valence-corrected chi connectivity index (χ1v) is 9.46. The summed E-state index contributed by atoms with van der Waals surface area (Å²) < 4.78 is 2.01. The van der Waals surface area contributed by atoms with E-state index in [9.17, 15) is 4.79 Å². The molecule has 3 heterocycles. The first-order chi connectivity index (χ1) is 10.7. The average molecular weight is 322 g/mol. The van der Waals surface area contributed by atoms with Gasteiger partial charge in [0.2, 0.25) is 5.91 Å². The van der Waals surface area contributed by atoms with Crippen LogP contribution in [0.15, 0.2) is 12.4 Å². The first-order valence-electron chi connectivity index (χ1n) is 8.30. The second-order valence-electron chi connectivity index (χ2n) is 6.33. The number of thioether (sulfide) groups is 1. The van der Waals surface area contributed by atoms with Gasteiger partial charge in [-0.05, 0) is 38.4 Å². The molecule has 3 rings (SSSR count). The van der Waals surface area contributed by atoms with Crippen molar-refractivity contribution in [3.63, 3.8) is 0 Å². The summed E-state index contributed by atoms with van der Waals surface area (Å²) in [6, 6.07) is 0. The predicted octanol–water partition coefficient (Wildman–Crippen LogP) is 1.48. The molecule has 2 aliphatic heterocycles. The minimum Gasteiger partial charge on any atom is -0.341 e. The molecule has 1 amide bonds. The topological polar surface area (TPSA) is 41.4 Å². The van der Waals surface area contributed by atoms with Crippen LogP contribution in [-0.4, -0.2) is 69.7 Å². The highest BCUT2D eigenvalue weighted by Gasteiger charge is 2.29. The lowest BCUT2D eigenvalue weighted by molar-refractivity contribution is -0.136. The van der Waals surface area contributed by atoms with Crippen LogP contribution in [0.25, 0.3) is 0 Å². The number of piperidine rings is 1. The fraction of sp³-hybridized carbons (Fsp3) is 0.750. The molecule has 6 heteroatoms. The Hall–Kier alpha value is -1.01. The summed E-state index contributed by atoms with van der Waals surface area (Å²) >= 11 is 1.96. The lowest BCUT2D eigenvalue weighted by atomic mass is 9.95. The third-order valence-corrected chi connectivity index (χ3v) is 5.61. The number of hydrogen-bond acceptors (Lipinski definition) is 4. The van der Waals surface area contributed by atoms with E-state index in [2.05, 4.69) is 28.0 Å². The van der Waals surface area contributed by atoms with E-state index >= 15 is 0 Å². The molecular formula is C16H26N4OS. The highest BCUT2D eigenvalue weighted by Crippen LogP contribution is 2.21. The molecule has 0 saturated carbocycles. The smallest absolute Gasteiger partial charge is 0.225 e. The number of likely N-dealkylation sites (tertiary alicyclic amines) is 1. The van der Waals surface area contributed by atoms with Crippen molar-refractivity contribution in [1.29, 1.82) is 0 Å². The van der Waals surface area contributed by atoms with Crippen molar-refractivity contribution in [3.05, 3.63) is 18.0 Å². The molecule has 0 bridgehead atoms. The highest BCUT2D eigenvalue weighted by molar-refractivity contribution is 7.99. The Morgan fingerprint density at radius 3 is 2.59 bits per heavy atom. The van der Waals surface area contributed by atoms with Crippen LogP contribution in [0.3, 0.4) is 0 Å². The van der Waals surface area contributed by atoms with Crippen molar-refractivity contribution in [2.24, 2.45) is 5.92 Å². The van der Waals surface area contributed by atoms with Gasteiger partial charge < -0.3 is 9.80 Å². The standard InChI is InChI=1S/C16H26N4OS/c1-14-12-17-20(13-14)7-6-18-4-2-15(3-5-18)16(21)19-8-10-22-11-9-19/h12-13,15H,2-11H2,1H3. The van der Waals surface area contributed by atoms with E-state index in [-0.39, 0.29) is 5.92 Å². The Bertz CT molecular complexity index is 490. The van der Waals surface area contributed by atoms with Gasteiger partial charge in [-0.3, -0.25) is 9.48 Å². The summed E-state index contributed by atoms with van der Waals surface area (Å²) in [5, 5.41) is 4.33. The zero-order chi connectivity index (χ0) is 15.4. The number of hydrogen-bond donors (Lipinski definition) is 0. The van der Waals surface area contributed by atoms with E-state index in [1.165, 1.54) is 5.56 Å². The molecule has 0 atom stereocenters. The maximum atomic E-state index is 12.5. The number of amides is 1. The molecule has 2 fully saturated rings. The van der Waals surface area contributed by atoms with Crippen molar-refractivity contribution >= 4 is 17.7 Å². The van der Waals surface area contributed by atoms with Crippen LogP contribution >= 0.6 is 11.8 Å². The van der Waals surface area contributed by atoms with Gasteiger partial charge in [0.05, 0.1) is 12.7 Å². The van der Waals surface area contributed by atoms with E-state index < -0.39 is 0 Å². The van der Waals surface area contributed by atoms with Gasteiger partial charge in [-0.25, -0.2) is 0 Å². The minimum absolute atomic E-state index is 0.256. The Morgan fingerprint density at radius 2 is 1.95 bits per heavy atom. The monoisotopic (exact) mass is 322 g/mol. The third-order valence-electron chi connectivity index (χ3n) is 4.67. The second kappa shape index (κ2) is 7.51. The van der Waals surface area contributed by atoms with E-state index in [1.807, 2.05) is 22.6 Å². The van der Waals surface area contributed by atoms with Crippen LogP contribution in [0.5, 0.6) is 0 Å². The van der Waals surface area contributed by atoms with Gasteiger partial charge in [-0.1, -0.05) is 0 Å². The second-order valence-corrected chi connectivity index (χ2v) is 7.56. The van der Waals surface area contributed by atoms with Crippen LogP contribution in [0.2, 0.25) is 0 Å². The van der Waals surface area contributed by atoms with Crippen LogP contribution in [-0.2, 0) is 11.3 Å². The molecular weight excluding hydrogens is 296 g/mol. The Kier molecular flexibility index (Phi) is 5.41. The zero-order valence-electron chi connectivity index (χ0n) is 13.4. The quantitative estimate of drug-likeness (QED) is 0.842. The van der Waals surface area contributed by atoms with E-state index in [4.69, 9.17) is 0 Å². The van der Waals surface area contributed by atoms with Crippen LogP contribution in [0.1, 0.15) is 18.4 Å². The number of carbonyl (C=O) groups is 1. The summed E-state index contributed by atoms with van der Waals surface area (Å²) in [6.45, 7) is 8.01. The SMILES string of the molecule is Cc1cnn(CCN2CCC(C(=O)N3CCSCC3)CC2)c1. The number of nitrogens with zero attached hydrogens (tertiary/aromatic N) is 4. The minimum atomic E-state index is 0.256. The fourth-order valence-electron chi connectivity index (χ4n) is 3.28. The summed E-state index contributed by atoms with van der Waals surface area (Å²) in [7, 11) is 0. The number of rotatable bonds is 4. The normalized spacial score (nSPS) is 21.2. The largest absolute Gasteiger partial charge is 0.341 e. The molecule has 122 valence electrons. The molecule has 0 N–H and O–H groups in total. The molecule has 1 aromatic heterocycles. The maximum Gasteiger partial charge on any atom is 0.225 e. The molecule has 2 aliphatic rings. The van der Waals surface area contributed by atoms with Gasteiger partial charge >= 0.3 is 0 Å². The summed E-state index contributed by atoms with van der Waals surface area (Å²) in [6.07, 6.45) is 6.02. The number of aryl methyl sites for hydroxylation is 1. The molecule has 0 unspecified atom stereocenters. The maximum absolute atomic E-state index is 12.5. The van der Waals surface area contributed by atoms with Gasteiger partial charge in [-0.2, -0.15) is 16.9 Å². The number of aromatic nitrogens is 2. The highest BCUT2D eigenvalue weighted by atomic mass is 32.2. The van der Waals surface area contributed by atoms with Crippen LogP contribution < -0.4 is 0 Å². The Labute approximate surface area is 137 Å². The van der Waals surface area contributed by atoms with Crippen molar-refractivity contribution in [2.45, 2.75) is 26.3 Å². The molecule has 22 heavy (non-hydrogen) atoms. The predicted molar refractivity (Wildman–Crippen MR) is 90.0 cm³/mol. The van der Waals surface area contributed by atoms with Gasteiger partial charge in [0.15, 0.2) is 0 Å². The molecule has 5 nitrogen and oxygen atoms in total. The molecule has 2 saturated heterocycles. The lowest BCUT2D eigenvalue weighted by Gasteiger charge is -2.35. The number of carbonyl (C=O) groups excluding carboxylic acids is 1. The summed E-state index contributed by atoms with van der Waals surface area (Å²) in [5.41, 5.74) is 1.21. The van der Waals surface area contributed by atoms with Crippen LogP contribution in [0.4, 0.5) is 0 Å². The molecule has 1 aromatic rings. The van der Waals surface area contributed by atoms with Gasteiger partial charge in [0.1, 0.15) is 0 Å². The Balaban J connectivity index is 1.41. The summed E-state index contributed by atoms with van der Waals surface area (Å²) in [5.74, 6) is 2.87. The Morgan fingerprint density at radius 1 is 1.23 bits per heavy atom. The molecule has 0 aromatic carbocycles. The average Bonchev–Trinajstić information content (AvgIpc) is 2.99. The lowest BCUT2D eigenvalue weighted by Crippen LogP contribution is -2.45. The molecule has 0 spiro atoms. The first kappa shape index (κ1) is 15.9. The fourth-order valence-corrected chi connectivity index (χ4v) is 4.18. The van der Waals surface area contributed by atoms with Gasteiger partial charge in [-0.15, -0.1) is 0 Å². The third kappa shape index (κ3) is 4.04. The van der Waals surface area contributed by atoms with Crippen LogP contribution in [0, 0.1) is 12.8 Å². The van der Waals surface area contributed by atoms with E-state index in [0.717, 1.165) is 63.6 Å². The van der Waals surface area contributed by atoms with Crippen molar-refractivity contribution in [3.8, 4) is 0 Å². The van der Waals surface area contributed by atoms with Crippen molar-refractivity contribution in [2.75, 3.05) is 44.2 Å². The van der Waals surface area contributed by atoms with Gasteiger partial charge in [0, 0.05) is 43.3 Å². The molecule has 0 aliphatic carbocycles. The van der Waals surface area contributed by atoms with Gasteiger partial charge in [0.25, 0.3) is 0 Å². The summed E-state index contributed by atoms with van der Waals surface area (Å²) in [4.78, 5) is 17.1. The van der Waals surface area contributed by atoms with E-state index in [0.29, 0.717) is 5.91 Å².